The number of aryl methyl sites for hydroxylation is 1. The highest BCUT2D eigenvalue weighted by Crippen LogP contribution is 2.33. The van der Waals surface area contributed by atoms with E-state index >= 15 is 0 Å². The van der Waals surface area contributed by atoms with E-state index in [-0.39, 0.29) is 24.5 Å². The van der Waals surface area contributed by atoms with Crippen molar-refractivity contribution in [3.05, 3.63) is 65.2 Å². The molecule has 0 saturated heterocycles. The van der Waals surface area contributed by atoms with Crippen molar-refractivity contribution in [3.63, 3.8) is 0 Å². The predicted molar refractivity (Wildman–Crippen MR) is 121 cm³/mol. The van der Waals surface area contributed by atoms with Crippen molar-refractivity contribution >= 4 is 17.6 Å². The lowest BCUT2D eigenvalue weighted by Gasteiger charge is -2.25. The molecule has 1 aliphatic heterocycles. The number of hydrogen-bond donors (Lipinski definition) is 1. The minimum Gasteiger partial charge on any atom is -0.497 e. The molecule has 1 N–H and O–H groups in total. The smallest absolute Gasteiger partial charge is 0.317 e. The number of benzene rings is 2. The molecule has 0 radical (unpaired) electrons. The van der Waals surface area contributed by atoms with Crippen LogP contribution in [0.4, 0.5) is 4.79 Å². The van der Waals surface area contributed by atoms with Crippen LogP contribution in [0.3, 0.4) is 0 Å². The first-order valence-corrected chi connectivity index (χ1v) is 10.5. The molecule has 0 bridgehead atoms. The molecule has 3 amide bonds. The zero-order chi connectivity index (χ0) is 22.4. The average molecular weight is 423 g/mol. The Kier molecular flexibility index (Phi) is 7.28. The lowest BCUT2D eigenvalue weighted by molar-refractivity contribution is -0.133. The van der Waals surface area contributed by atoms with Crippen LogP contribution in [0.2, 0.25) is 0 Å². The molecule has 3 rings (SSSR count). The summed E-state index contributed by atoms with van der Waals surface area (Å²) in [7, 11) is 3.25. The van der Waals surface area contributed by atoms with E-state index < -0.39 is 0 Å². The van der Waals surface area contributed by atoms with Crippen LogP contribution in [0.25, 0.3) is 0 Å². The van der Waals surface area contributed by atoms with E-state index in [0.717, 1.165) is 34.6 Å². The van der Waals surface area contributed by atoms with Gasteiger partial charge in [-0.1, -0.05) is 36.8 Å². The Labute approximate surface area is 183 Å². The van der Waals surface area contributed by atoms with E-state index in [2.05, 4.69) is 10.4 Å². The number of urea groups is 1. The van der Waals surface area contributed by atoms with Gasteiger partial charge in [0, 0.05) is 20.0 Å². The van der Waals surface area contributed by atoms with Crippen LogP contribution in [0.1, 0.15) is 42.5 Å². The monoisotopic (exact) mass is 422 g/mol. The lowest BCUT2D eigenvalue weighted by Crippen LogP contribution is -2.43. The predicted octanol–water partition coefficient (Wildman–Crippen LogP) is 3.73. The molecule has 1 aliphatic rings. The molecular weight excluding hydrogens is 392 g/mol. The first kappa shape index (κ1) is 22.3. The summed E-state index contributed by atoms with van der Waals surface area (Å²) in [6.45, 7) is 4.55. The van der Waals surface area contributed by atoms with E-state index in [1.807, 2.05) is 62.4 Å². The zero-order valence-electron chi connectivity index (χ0n) is 18.6. The Morgan fingerprint density at radius 1 is 1.16 bits per heavy atom. The number of carbonyl (C=O) groups excluding carboxylic acids is 2. The molecule has 7 heteroatoms. The van der Waals surface area contributed by atoms with Crippen molar-refractivity contribution in [2.45, 2.75) is 32.7 Å². The van der Waals surface area contributed by atoms with E-state index in [0.29, 0.717) is 13.0 Å². The first-order chi connectivity index (χ1) is 14.9. The number of nitrogens with one attached hydrogen (secondary N) is 1. The third-order valence-corrected chi connectivity index (χ3v) is 5.30. The number of hydrogen-bond acceptors (Lipinski definition) is 4. The maximum atomic E-state index is 13.1. The molecule has 7 nitrogen and oxygen atoms in total. The maximum absolute atomic E-state index is 13.1. The molecule has 0 saturated carbocycles. The summed E-state index contributed by atoms with van der Waals surface area (Å²) in [5.41, 5.74) is 3.95. The Morgan fingerprint density at radius 3 is 2.45 bits per heavy atom. The van der Waals surface area contributed by atoms with Crippen molar-refractivity contribution in [3.8, 4) is 5.75 Å². The molecule has 2 aromatic carbocycles. The van der Waals surface area contributed by atoms with Crippen molar-refractivity contribution in [2.75, 3.05) is 27.2 Å². The molecule has 0 spiro atoms. The van der Waals surface area contributed by atoms with Crippen LogP contribution in [0, 0.1) is 6.92 Å². The topological polar surface area (TPSA) is 74.2 Å². The number of amides is 3. The maximum Gasteiger partial charge on any atom is 0.317 e. The molecular formula is C24H30N4O3. The van der Waals surface area contributed by atoms with Crippen LogP contribution in [-0.2, 0) is 4.79 Å². The van der Waals surface area contributed by atoms with Crippen molar-refractivity contribution in [2.24, 2.45) is 5.10 Å². The SMILES string of the molecule is CCCNC(=O)N(C)CC(=O)N1N=C(c2ccc(OC)cc2)CC1c1ccc(C)cc1. The minimum atomic E-state index is -0.263. The molecule has 0 fully saturated rings. The van der Waals surface area contributed by atoms with E-state index in [9.17, 15) is 9.59 Å². The number of ether oxygens (including phenoxy) is 1. The van der Waals surface area contributed by atoms with Gasteiger partial charge in [-0.15, -0.1) is 0 Å². The number of rotatable bonds is 7. The van der Waals surface area contributed by atoms with Gasteiger partial charge in [0.25, 0.3) is 5.91 Å². The van der Waals surface area contributed by atoms with Crippen molar-refractivity contribution in [1.82, 2.24) is 15.2 Å². The Hall–Kier alpha value is -3.35. The van der Waals surface area contributed by atoms with Crippen molar-refractivity contribution in [1.29, 1.82) is 0 Å². The molecule has 164 valence electrons. The van der Waals surface area contributed by atoms with Gasteiger partial charge >= 0.3 is 6.03 Å². The lowest BCUT2D eigenvalue weighted by atomic mass is 9.97. The van der Waals surface area contributed by atoms with Crippen LogP contribution in [0.15, 0.2) is 53.6 Å². The summed E-state index contributed by atoms with van der Waals surface area (Å²) in [6.07, 6.45) is 1.44. The molecule has 0 aliphatic carbocycles. The van der Waals surface area contributed by atoms with Gasteiger partial charge in [0.1, 0.15) is 12.3 Å². The second-order valence-electron chi connectivity index (χ2n) is 7.73. The molecule has 31 heavy (non-hydrogen) atoms. The fourth-order valence-corrected chi connectivity index (χ4v) is 3.46. The third kappa shape index (κ3) is 5.42. The summed E-state index contributed by atoms with van der Waals surface area (Å²) in [4.78, 5) is 26.7. The summed E-state index contributed by atoms with van der Waals surface area (Å²) in [5, 5.41) is 8.98. The van der Waals surface area contributed by atoms with Gasteiger partial charge in [-0.3, -0.25) is 4.79 Å². The average Bonchev–Trinajstić information content (AvgIpc) is 3.23. The van der Waals surface area contributed by atoms with E-state index in [1.54, 1.807) is 14.2 Å². The fraction of sp³-hybridized carbons (Fsp3) is 0.375. The first-order valence-electron chi connectivity index (χ1n) is 10.5. The summed E-state index contributed by atoms with van der Waals surface area (Å²) in [5.74, 6) is 0.549. The van der Waals surface area contributed by atoms with Crippen molar-refractivity contribution < 1.29 is 14.3 Å². The van der Waals surface area contributed by atoms with Gasteiger partial charge in [0.05, 0.1) is 18.9 Å². The number of carbonyl (C=O) groups is 2. The van der Waals surface area contributed by atoms with Gasteiger partial charge < -0.3 is 15.0 Å². The highest BCUT2D eigenvalue weighted by molar-refractivity contribution is 6.03. The molecule has 0 aromatic heterocycles. The molecule has 1 atom stereocenters. The fourth-order valence-electron chi connectivity index (χ4n) is 3.46. The number of methoxy groups -OCH3 is 1. The van der Waals surface area contributed by atoms with Crippen LogP contribution < -0.4 is 10.1 Å². The summed E-state index contributed by atoms with van der Waals surface area (Å²) < 4.78 is 5.24. The zero-order valence-corrected chi connectivity index (χ0v) is 18.6. The quantitative estimate of drug-likeness (QED) is 0.739. The standard InChI is InChI=1S/C24H30N4O3/c1-5-14-25-24(30)27(3)16-23(29)28-22(19-8-6-17(2)7-9-19)15-21(26-28)18-10-12-20(31-4)13-11-18/h6-13,22H,5,14-16H2,1-4H3,(H,25,30). The van der Waals surface area contributed by atoms with E-state index in [4.69, 9.17) is 4.74 Å². The van der Waals surface area contributed by atoms with E-state index in [1.165, 1.54) is 9.91 Å². The highest BCUT2D eigenvalue weighted by Gasteiger charge is 2.33. The van der Waals surface area contributed by atoms with Gasteiger partial charge in [0.2, 0.25) is 0 Å². The molecule has 1 heterocycles. The second kappa shape index (κ2) is 10.1. The van der Waals surface area contributed by atoms with Crippen LogP contribution >= 0.6 is 0 Å². The van der Waals surface area contributed by atoms with Gasteiger partial charge in [0.15, 0.2) is 0 Å². The minimum absolute atomic E-state index is 0.0443. The Balaban J connectivity index is 1.83. The third-order valence-electron chi connectivity index (χ3n) is 5.30. The molecule has 2 aromatic rings. The normalized spacial score (nSPS) is 15.4. The number of nitrogens with zero attached hydrogens (tertiary/aromatic N) is 3. The molecule has 1 unspecified atom stereocenters. The Morgan fingerprint density at radius 2 is 1.84 bits per heavy atom. The highest BCUT2D eigenvalue weighted by atomic mass is 16.5. The summed E-state index contributed by atoms with van der Waals surface area (Å²) in [6, 6.07) is 15.3. The number of likely N-dealkylation sites (N-methyl/N-ethyl adjacent to an activating group) is 1. The Bertz CT molecular complexity index is 938. The largest absolute Gasteiger partial charge is 0.497 e. The van der Waals surface area contributed by atoms with Crippen LogP contribution in [0.5, 0.6) is 5.75 Å². The van der Waals surface area contributed by atoms with Crippen LogP contribution in [-0.4, -0.2) is 54.8 Å². The number of hydrazone groups is 1. The second-order valence-corrected chi connectivity index (χ2v) is 7.73. The summed E-state index contributed by atoms with van der Waals surface area (Å²) >= 11 is 0. The van der Waals surface area contributed by atoms with Gasteiger partial charge in [-0.25, -0.2) is 9.80 Å². The van der Waals surface area contributed by atoms with Gasteiger partial charge in [-0.2, -0.15) is 5.10 Å². The van der Waals surface area contributed by atoms with Gasteiger partial charge in [-0.05, 0) is 48.7 Å².